The SMILES string of the molecule is CSc1ccc2c(c1C#N)C(=O)C(CN(C)C)C(CC(N)=O)N2. The Hall–Kier alpha value is -2.04. The van der Waals surface area contributed by atoms with Crippen LogP contribution in [0, 0.1) is 17.2 Å². The number of fused-ring (bicyclic) bond motifs is 1. The number of nitrogens with zero attached hydrogens (tertiary/aromatic N) is 2. The van der Waals surface area contributed by atoms with E-state index >= 15 is 0 Å². The van der Waals surface area contributed by atoms with Gasteiger partial charge in [0.1, 0.15) is 6.07 Å². The maximum atomic E-state index is 13.0. The van der Waals surface area contributed by atoms with Gasteiger partial charge in [0.25, 0.3) is 0 Å². The van der Waals surface area contributed by atoms with Crippen LogP contribution in [0.25, 0.3) is 0 Å². The van der Waals surface area contributed by atoms with Crippen LogP contribution in [0.2, 0.25) is 0 Å². The van der Waals surface area contributed by atoms with Gasteiger partial charge in [-0.1, -0.05) is 0 Å². The Morgan fingerprint density at radius 1 is 1.48 bits per heavy atom. The molecule has 23 heavy (non-hydrogen) atoms. The van der Waals surface area contributed by atoms with E-state index in [1.807, 2.05) is 31.3 Å². The Bertz CT molecular complexity index is 681. The van der Waals surface area contributed by atoms with Gasteiger partial charge in [-0.05, 0) is 32.5 Å². The molecule has 0 radical (unpaired) electrons. The molecule has 1 heterocycles. The van der Waals surface area contributed by atoms with Crippen molar-refractivity contribution in [3.63, 3.8) is 0 Å². The second kappa shape index (κ2) is 7.02. The summed E-state index contributed by atoms with van der Waals surface area (Å²) in [6.07, 6.45) is 1.95. The van der Waals surface area contributed by atoms with Gasteiger partial charge < -0.3 is 16.0 Å². The Morgan fingerprint density at radius 2 is 2.17 bits per heavy atom. The standard InChI is InChI=1S/C16H20N4O2S/c1-20(2)8-10-12(6-14(18)21)19-11-4-5-13(23-3)9(7-17)15(11)16(10)22/h4-5,10,12,19H,6,8H2,1-3H3,(H2,18,21). The summed E-state index contributed by atoms with van der Waals surface area (Å²) in [6, 6.07) is 5.39. The highest BCUT2D eigenvalue weighted by Crippen LogP contribution is 2.36. The summed E-state index contributed by atoms with van der Waals surface area (Å²) in [4.78, 5) is 27.0. The third-order valence-electron chi connectivity index (χ3n) is 3.89. The van der Waals surface area contributed by atoms with Gasteiger partial charge in [-0.15, -0.1) is 11.8 Å². The summed E-state index contributed by atoms with van der Waals surface area (Å²) in [7, 11) is 3.74. The van der Waals surface area contributed by atoms with Crippen molar-refractivity contribution in [2.45, 2.75) is 17.4 Å². The molecule has 2 atom stereocenters. The molecule has 0 fully saturated rings. The van der Waals surface area contributed by atoms with Crippen molar-refractivity contribution >= 4 is 29.1 Å². The number of ketones is 1. The quantitative estimate of drug-likeness (QED) is 0.789. The number of primary amides is 1. The molecule has 2 rings (SSSR count). The molecule has 0 bridgehead atoms. The van der Waals surface area contributed by atoms with Crippen LogP contribution in [-0.4, -0.2) is 49.5 Å². The van der Waals surface area contributed by atoms with Crippen molar-refractivity contribution in [1.82, 2.24) is 4.90 Å². The van der Waals surface area contributed by atoms with Crippen LogP contribution < -0.4 is 11.1 Å². The summed E-state index contributed by atoms with van der Waals surface area (Å²) in [5.74, 6) is -0.982. The molecule has 0 aliphatic carbocycles. The minimum absolute atomic E-state index is 0.0792. The minimum Gasteiger partial charge on any atom is -0.380 e. The number of rotatable bonds is 5. The molecule has 1 aliphatic rings. The lowest BCUT2D eigenvalue weighted by molar-refractivity contribution is -0.118. The Morgan fingerprint density at radius 3 is 2.70 bits per heavy atom. The molecule has 0 spiro atoms. The number of hydrogen-bond donors (Lipinski definition) is 2. The Balaban J connectivity index is 2.53. The molecule has 0 saturated heterocycles. The molecule has 1 aliphatic heterocycles. The van der Waals surface area contributed by atoms with Crippen LogP contribution in [-0.2, 0) is 4.79 Å². The molecule has 1 aromatic carbocycles. The molecule has 0 saturated carbocycles. The zero-order valence-electron chi connectivity index (χ0n) is 13.4. The van der Waals surface area contributed by atoms with Gasteiger partial charge in [-0.25, -0.2) is 0 Å². The first kappa shape index (κ1) is 17.3. The lowest BCUT2D eigenvalue weighted by Gasteiger charge is -2.35. The number of carbonyl (C=O) groups excluding carboxylic acids is 2. The topological polar surface area (TPSA) is 99.2 Å². The third-order valence-corrected chi connectivity index (χ3v) is 4.67. The lowest BCUT2D eigenvalue weighted by Crippen LogP contribution is -2.46. The van der Waals surface area contributed by atoms with Crippen molar-refractivity contribution < 1.29 is 9.59 Å². The van der Waals surface area contributed by atoms with E-state index < -0.39 is 11.8 Å². The molecule has 1 amide bonds. The number of Topliss-reactive ketones (excluding diaryl/α,β-unsaturated/α-hetero) is 1. The van der Waals surface area contributed by atoms with E-state index in [0.29, 0.717) is 23.4 Å². The Kier molecular flexibility index (Phi) is 5.29. The number of nitrogens with two attached hydrogens (primary N) is 1. The number of carbonyl (C=O) groups is 2. The molecular formula is C16H20N4O2S. The number of hydrogen-bond acceptors (Lipinski definition) is 6. The lowest BCUT2D eigenvalue weighted by atomic mass is 9.82. The number of nitrogens with one attached hydrogen (secondary N) is 1. The van der Waals surface area contributed by atoms with Crippen LogP contribution >= 0.6 is 11.8 Å². The van der Waals surface area contributed by atoms with E-state index in [0.717, 1.165) is 4.90 Å². The van der Waals surface area contributed by atoms with Crippen LogP contribution in [0.1, 0.15) is 22.3 Å². The smallest absolute Gasteiger partial charge is 0.219 e. The summed E-state index contributed by atoms with van der Waals surface area (Å²) in [5.41, 5.74) is 6.75. The number of nitriles is 1. The Labute approximate surface area is 140 Å². The maximum Gasteiger partial charge on any atom is 0.219 e. The molecule has 3 N–H and O–H groups in total. The van der Waals surface area contributed by atoms with Crippen molar-refractivity contribution in [3.05, 3.63) is 23.3 Å². The van der Waals surface area contributed by atoms with Gasteiger partial charge in [-0.2, -0.15) is 5.26 Å². The van der Waals surface area contributed by atoms with E-state index in [4.69, 9.17) is 5.73 Å². The largest absolute Gasteiger partial charge is 0.380 e. The average Bonchev–Trinajstić information content (AvgIpc) is 2.49. The third kappa shape index (κ3) is 3.49. The van der Waals surface area contributed by atoms with Crippen molar-refractivity contribution in [1.29, 1.82) is 5.26 Å². The zero-order valence-corrected chi connectivity index (χ0v) is 14.2. The molecule has 2 unspecified atom stereocenters. The number of amides is 1. The van der Waals surface area contributed by atoms with E-state index in [9.17, 15) is 14.9 Å². The van der Waals surface area contributed by atoms with Gasteiger partial charge >= 0.3 is 0 Å². The molecule has 6 nitrogen and oxygen atoms in total. The van der Waals surface area contributed by atoms with Gasteiger partial charge in [0.15, 0.2) is 5.78 Å². The summed E-state index contributed by atoms with van der Waals surface area (Å²) in [5, 5.41) is 12.7. The van der Waals surface area contributed by atoms with Crippen LogP contribution in [0.15, 0.2) is 17.0 Å². The molecule has 0 aromatic heterocycles. The number of benzene rings is 1. The minimum atomic E-state index is -0.455. The predicted molar refractivity (Wildman–Crippen MR) is 90.5 cm³/mol. The molecule has 1 aromatic rings. The fraction of sp³-hybridized carbons (Fsp3) is 0.438. The van der Waals surface area contributed by atoms with Crippen molar-refractivity contribution in [2.24, 2.45) is 11.7 Å². The zero-order chi connectivity index (χ0) is 17.1. The van der Waals surface area contributed by atoms with Gasteiger partial charge in [-0.3, -0.25) is 9.59 Å². The van der Waals surface area contributed by atoms with Crippen molar-refractivity contribution in [2.75, 3.05) is 32.2 Å². The molecular weight excluding hydrogens is 312 g/mol. The number of thioether (sulfide) groups is 1. The van der Waals surface area contributed by atoms with Gasteiger partial charge in [0.2, 0.25) is 5.91 Å². The van der Waals surface area contributed by atoms with Gasteiger partial charge in [0.05, 0.1) is 17.0 Å². The molecule has 7 heteroatoms. The normalized spacial score (nSPS) is 19.9. The fourth-order valence-electron chi connectivity index (χ4n) is 2.92. The fourth-order valence-corrected chi connectivity index (χ4v) is 3.48. The van der Waals surface area contributed by atoms with E-state index in [-0.39, 0.29) is 18.2 Å². The highest BCUT2D eigenvalue weighted by molar-refractivity contribution is 7.98. The summed E-state index contributed by atoms with van der Waals surface area (Å²) >= 11 is 1.43. The second-order valence-corrected chi connectivity index (χ2v) is 6.68. The first-order chi connectivity index (χ1) is 10.9. The number of anilines is 1. The average molecular weight is 332 g/mol. The summed E-state index contributed by atoms with van der Waals surface area (Å²) < 4.78 is 0. The van der Waals surface area contributed by atoms with Gasteiger partial charge in [0, 0.05) is 29.6 Å². The van der Waals surface area contributed by atoms with Crippen LogP contribution in [0.4, 0.5) is 5.69 Å². The molecule has 122 valence electrons. The summed E-state index contributed by atoms with van der Waals surface area (Å²) in [6.45, 7) is 0.484. The van der Waals surface area contributed by atoms with E-state index in [1.165, 1.54) is 11.8 Å². The van der Waals surface area contributed by atoms with Crippen LogP contribution in [0.5, 0.6) is 0 Å². The highest BCUT2D eigenvalue weighted by atomic mass is 32.2. The monoisotopic (exact) mass is 332 g/mol. The first-order valence-electron chi connectivity index (χ1n) is 7.23. The van der Waals surface area contributed by atoms with E-state index in [1.54, 1.807) is 6.07 Å². The maximum absolute atomic E-state index is 13.0. The predicted octanol–water partition coefficient (Wildman–Crippen LogP) is 1.31. The second-order valence-electron chi connectivity index (χ2n) is 5.83. The first-order valence-corrected chi connectivity index (χ1v) is 8.46. The van der Waals surface area contributed by atoms with Crippen molar-refractivity contribution in [3.8, 4) is 6.07 Å². The highest BCUT2D eigenvalue weighted by Gasteiger charge is 2.38. The van der Waals surface area contributed by atoms with E-state index in [2.05, 4.69) is 11.4 Å². The van der Waals surface area contributed by atoms with Crippen LogP contribution in [0.3, 0.4) is 0 Å².